The third-order valence-corrected chi connectivity index (χ3v) is 1.98. The van der Waals surface area contributed by atoms with E-state index in [0.717, 1.165) is 12.1 Å². The van der Waals surface area contributed by atoms with E-state index in [2.05, 4.69) is 5.32 Å². The van der Waals surface area contributed by atoms with Crippen molar-refractivity contribution < 1.29 is 18.3 Å². The molecular formula is C11H15F2NO2. The molecule has 3 nitrogen and oxygen atoms in total. The Bertz CT molecular complexity index is 328. The fourth-order valence-electron chi connectivity index (χ4n) is 1.29. The van der Waals surface area contributed by atoms with E-state index in [1.807, 2.05) is 0 Å². The average molecular weight is 231 g/mol. The lowest BCUT2D eigenvalue weighted by Gasteiger charge is -2.18. The van der Waals surface area contributed by atoms with Crippen molar-refractivity contribution in [1.82, 2.24) is 5.32 Å². The van der Waals surface area contributed by atoms with Crippen LogP contribution in [-0.4, -0.2) is 33.4 Å². The van der Waals surface area contributed by atoms with Gasteiger partial charge in [-0.1, -0.05) is 0 Å². The maximum Gasteiger partial charge on any atom is 0.162 e. The third kappa shape index (κ3) is 3.75. The maximum absolute atomic E-state index is 12.9. The second-order valence-electron chi connectivity index (χ2n) is 3.33. The van der Waals surface area contributed by atoms with Crippen LogP contribution in [0.3, 0.4) is 0 Å². The highest BCUT2D eigenvalue weighted by atomic mass is 19.2. The number of likely N-dealkylation sites (N-methyl/N-ethyl adjacent to an activating group) is 1. The van der Waals surface area contributed by atoms with Crippen molar-refractivity contribution in [3.05, 3.63) is 29.8 Å². The average Bonchev–Trinajstić information content (AvgIpc) is 2.24. The molecule has 0 aliphatic carbocycles. The molecule has 0 saturated heterocycles. The van der Waals surface area contributed by atoms with Gasteiger partial charge in [-0.2, -0.15) is 0 Å². The predicted molar refractivity (Wildman–Crippen MR) is 56.6 cm³/mol. The van der Waals surface area contributed by atoms with Crippen molar-refractivity contribution in [2.45, 2.75) is 6.10 Å². The summed E-state index contributed by atoms with van der Waals surface area (Å²) in [5.74, 6) is -1.52. The van der Waals surface area contributed by atoms with Crippen LogP contribution in [0.1, 0.15) is 0 Å². The zero-order valence-corrected chi connectivity index (χ0v) is 9.30. The first-order chi connectivity index (χ1) is 7.67. The monoisotopic (exact) mass is 231 g/mol. The van der Waals surface area contributed by atoms with E-state index in [0.29, 0.717) is 13.2 Å². The molecule has 0 bridgehead atoms. The highest BCUT2D eigenvalue weighted by Crippen LogP contribution is 2.16. The first kappa shape index (κ1) is 12.9. The first-order valence-corrected chi connectivity index (χ1v) is 4.92. The Morgan fingerprint density at radius 1 is 1.31 bits per heavy atom. The lowest BCUT2D eigenvalue weighted by atomic mass is 10.3. The van der Waals surface area contributed by atoms with Gasteiger partial charge in [-0.25, -0.2) is 8.78 Å². The van der Waals surface area contributed by atoms with Crippen molar-refractivity contribution in [2.75, 3.05) is 27.3 Å². The van der Waals surface area contributed by atoms with E-state index in [4.69, 9.17) is 9.47 Å². The van der Waals surface area contributed by atoms with Gasteiger partial charge in [-0.05, 0) is 19.2 Å². The van der Waals surface area contributed by atoms with Crippen LogP contribution in [0.15, 0.2) is 18.2 Å². The van der Waals surface area contributed by atoms with Crippen LogP contribution in [0.4, 0.5) is 8.78 Å². The molecule has 0 aromatic heterocycles. The molecule has 5 heteroatoms. The van der Waals surface area contributed by atoms with Crippen molar-refractivity contribution in [2.24, 2.45) is 0 Å². The smallest absolute Gasteiger partial charge is 0.162 e. The van der Waals surface area contributed by atoms with Crippen molar-refractivity contribution >= 4 is 0 Å². The van der Waals surface area contributed by atoms with Gasteiger partial charge in [0.15, 0.2) is 11.6 Å². The van der Waals surface area contributed by atoms with Gasteiger partial charge in [0.05, 0.1) is 6.61 Å². The Morgan fingerprint density at radius 2 is 2.06 bits per heavy atom. The first-order valence-electron chi connectivity index (χ1n) is 4.92. The second-order valence-corrected chi connectivity index (χ2v) is 3.33. The number of rotatable bonds is 6. The zero-order chi connectivity index (χ0) is 12.0. The van der Waals surface area contributed by atoms with Gasteiger partial charge in [-0.15, -0.1) is 0 Å². The van der Waals surface area contributed by atoms with Gasteiger partial charge in [-0.3, -0.25) is 0 Å². The number of ether oxygens (including phenoxy) is 2. The highest BCUT2D eigenvalue weighted by Gasteiger charge is 2.10. The lowest BCUT2D eigenvalue weighted by molar-refractivity contribution is 0.0815. The van der Waals surface area contributed by atoms with Gasteiger partial charge in [0.2, 0.25) is 0 Å². The molecule has 0 aliphatic heterocycles. The predicted octanol–water partition coefficient (Wildman–Crippen LogP) is 1.58. The summed E-state index contributed by atoms with van der Waals surface area (Å²) in [5.41, 5.74) is 0. The SMILES string of the molecule is CNCC(COC)Oc1ccc(F)c(F)c1. The molecule has 0 spiro atoms. The summed E-state index contributed by atoms with van der Waals surface area (Å²) in [5, 5.41) is 2.93. The van der Waals surface area contributed by atoms with E-state index in [9.17, 15) is 8.78 Å². The number of hydrogen-bond donors (Lipinski definition) is 1. The quantitative estimate of drug-likeness (QED) is 0.806. The summed E-state index contributed by atoms with van der Waals surface area (Å²) < 4.78 is 36.0. The largest absolute Gasteiger partial charge is 0.487 e. The molecule has 1 unspecified atom stereocenters. The van der Waals surface area contributed by atoms with E-state index in [-0.39, 0.29) is 11.9 Å². The summed E-state index contributed by atoms with van der Waals surface area (Å²) in [7, 11) is 3.33. The van der Waals surface area contributed by atoms with Crippen LogP contribution in [0.25, 0.3) is 0 Å². The van der Waals surface area contributed by atoms with Crippen LogP contribution in [0, 0.1) is 11.6 Å². The Morgan fingerprint density at radius 3 is 2.62 bits per heavy atom. The van der Waals surface area contributed by atoms with Crippen LogP contribution in [0.5, 0.6) is 5.75 Å². The van der Waals surface area contributed by atoms with Crippen molar-refractivity contribution in [1.29, 1.82) is 0 Å². The van der Waals surface area contributed by atoms with Crippen molar-refractivity contribution in [3.63, 3.8) is 0 Å². The summed E-state index contributed by atoms with van der Waals surface area (Å²) in [6, 6.07) is 3.44. The zero-order valence-electron chi connectivity index (χ0n) is 9.30. The maximum atomic E-state index is 12.9. The van der Waals surface area contributed by atoms with Gasteiger partial charge < -0.3 is 14.8 Å². The van der Waals surface area contributed by atoms with E-state index in [1.165, 1.54) is 6.07 Å². The van der Waals surface area contributed by atoms with E-state index >= 15 is 0 Å². The summed E-state index contributed by atoms with van der Waals surface area (Å²) in [6.45, 7) is 0.937. The molecule has 0 amide bonds. The Hall–Kier alpha value is -1.20. The molecular weight excluding hydrogens is 216 g/mol. The lowest BCUT2D eigenvalue weighted by Crippen LogP contribution is -2.33. The van der Waals surface area contributed by atoms with Crippen LogP contribution in [0.2, 0.25) is 0 Å². The van der Waals surface area contributed by atoms with Gasteiger partial charge >= 0.3 is 0 Å². The molecule has 1 aromatic carbocycles. The summed E-state index contributed by atoms with van der Waals surface area (Å²) in [6.07, 6.45) is -0.236. The Kier molecular flexibility index (Phi) is 5.14. The molecule has 0 saturated carbocycles. The molecule has 1 N–H and O–H groups in total. The second kappa shape index (κ2) is 6.40. The minimum Gasteiger partial charge on any atom is -0.487 e. The van der Waals surface area contributed by atoms with Gasteiger partial charge in [0.25, 0.3) is 0 Å². The fraction of sp³-hybridized carbons (Fsp3) is 0.455. The van der Waals surface area contributed by atoms with Gasteiger partial charge in [0.1, 0.15) is 11.9 Å². The van der Waals surface area contributed by atoms with Crippen molar-refractivity contribution in [3.8, 4) is 5.75 Å². The molecule has 90 valence electrons. The molecule has 16 heavy (non-hydrogen) atoms. The molecule has 0 aliphatic rings. The van der Waals surface area contributed by atoms with E-state index in [1.54, 1.807) is 14.2 Å². The van der Waals surface area contributed by atoms with Crippen LogP contribution in [-0.2, 0) is 4.74 Å². The standard InChI is InChI=1S/C11H15F2NO2/c1-14-6-9(7-15-2)16-8-3-4-10(12)11(13)5-8/h3-5,9,14H,6-7H2,1-2H3. The summed E-state index contributed by atoms with van der Waals surface area (Å²) >= 11 is 0. The molecule has 1 aromatic rings. The van der Waals surface area contributed by atoms with Crippen LogP contribution < -0.4 is 10.1 Å². The molecule has 0 fully saturated rings. The number of benzene rings is 1. The van der Waals surface area contributed by atoms with Crippen LogP contribution >= 0.6 is 0 Å². The van der Waals surface area contributed by atoms with Gasteiger partial charge in [0, 0.05) is 19.7 Å². The summed E-state index contributed by atoms with van der Waals surface area (Å²) in [4.78, 5) is 0. The third-order valence-electron chi connectivity index (χ3n) is 1.98. The number of hydrogen-bond acceptors (Lipinski definition) is 3. The molecule has 0 heterocycles. The highest BCUT2D eigenvalue weighted by molar-refractivity contribution is 5.23. The Balaban J connectivity index is 2.65. The normalized spacial score (nSPS) is 12.5. The minimum atomic E-state index is -0.918. The molecule has 0 radical (unpaired) electrons. The molecule has 1 atom stereocenters. The Labute approximate surface area is 93.4 Å². The topological polar surface area (TPSA) is 30.5 Å². The molecule has 1 rings (SSSR count). The minimum absolute atomic E-state index is 0.236. The number of halogens is 2. The number of nitrogens with one attached hydrogen (secondary N) is 1. The van der Waals surface area contributed by atoms with E-state index < -0.39 is 11.6 Å². The number of methoxy groups -OCH3 is 1. The fourth-order valence-corrected chi connectivity index (χ4v) is 1.29.